The summed E-state index contributed by atoms with van der Waals surface area (Å²) in [7, 11) is 3.53. The molecule has 2 aliphatic heterocycles. The van der Waals surface area contributed by atoms with Gasteiger partial charge in [-0.05, 0) is 65.2 Å². The molecule has 0 saturated carbocycles. The second-order valence-corrected chi connectivity index (χ2v) is 11.9. The third-order valence-electron chi connectivity index (χ3n) is 7.99. The quantitative estimate of drug-likeness (QED) is 0.168. The number of carbonyl (C=O) groups is 2. The smallest absolute Gasteiger partial charge is 0.351 e. The van der Waals surface area contributed by atoms with E-state index >= 15 is 0 Å². The van der Waals surface area contributed by atoms with Gasteiger partial charge in [0.2, 0.25) is 5.91 Å². The molecule has 0 bridgehead atoms. The van der Waals surface area contributed by atoms with E-state index in [1.165, 1.54) is 48.0 Å². The number of aromatic nitrogens is 2. The number of aliphatic hydroxyl groups excluding tert-OH is 4. The monoisotopic (exact) mass is 634 g/mol. The Kier molecular flexibility index (Phi) is 10.7. The highest BCUT2D eigenvalue weighted by atomic mass is 16.7. The largest absolute Gasteiger partial charge is 0.394 e. The predicted octanol–water partition coefficient (Wildman–Crippen LogP) is -1.41. The standard InChI is InChI=1S/C29H42N6O10/c1-14-21(34(4)5)22(38)23(39)26(44-14)45-24-15(2)43-20(12-18(24)37)35-11-10-19(33-28(35)42)32-25(40)16-6-8-17(9-7-16)31-27(41)29(3,30)13-36/h6-11,14-15,18,20-24,26,36-39H,12-13,30H2,1-5H3,(H,31,41)(H,32,33,40,42)/t14-,15+,18-,20-,21+,22-,23-,24+,26-,29-/m0/s1. The summed E-state index contributed by atoms with van der Waals surface area (Å²) < 4.78 is 18.9. The molecule has 0 radical (unpaired) electrons. The molecule has 2 amide bonds. The first kappa shape index (κ1) is 34.6. The number of aliphatic hydroxyl groups is 4. The summed E-state index contributed by atoms with van der Waals surface area (Å²) >= 11 is 0. The summed E-state index contributed by atoms with van der Waals surface area (Å²) in [5.74, 6) is -1.17. The van der Waals surface area contributed by atoms with Crippen molar-refractivity contribution in [2.24, 2.45) is 5.73 Å². The van der Waals surface area contributed by atoms with E-state index in [0.717, 1.165) is 0 Å². The lowest BCUT2D eigenvalue weighted by molar-refractivity contribution is -0.322. The molecule has 0 aliphatic carbocycles. The number of hydrogen-bond donors (Lipinski definition) is 7. The molecule has 2 fully saturated rings. The van der Waals surface area contributed by atoms with Crippen LogP contribution in [-0.2, 0) is 19.0 Å². The Morgan fingerprint density at radius 3 is 2.33 bits per heavy atom. The number of nitrogens with two attached hydrogens (primary N) is 1. The predicted molar refractivity (Wildman–Crippen MR) is 160 cm³/mol. The Hall–Kier alpha value is -3.32. The van der Waals surface area contributed by atoms with Gasteiger partial charge in [-0.2, -0.15) is 4.98 Å². The van der Waals surface area contributed by atoms with Crippen molar-refractivity contribution in [2.45, 2.75) is 87.9 Å². The number of benzene rings is 1. The molecule has 3 heterocycles. The zero-order valence-electron chi connectivity index (χ0n) is 25.7. The minimum absolute atomic E-state index is 0.0155. The fourth-order valence-electron chi connectivity index (χ4n) is 5.36. The van der Waals surface area contributed by atoms with Crippen LogP contribution in [0.5, 0.6) is 0 Å². The Bertz CT molecular complexity index is 1390. The molecule has 2 saturated heterocycles. The maximum absolute atomic E-state index is 12.9. The molecule has 45 heavy (non-hydrogen) atoms. The van der Waals surface area contributed by atoms with Crippen LogP contribution in [0.4, 0.5) is 11.5 Å². The second-order valence-electron chi connectivity index (χ2n) is 11.9. The van der Waals surface area contributed by atoms with Gasteiger partial charge >= 0.3 is 5.69 Å². The Morgan fingerprint density at radius 2 is 1.76 bits per heavy atom. The van der Waals surface area contributed by atoms with E-state index < -0.39 is 84.8 Å². The molecule has 2 aliphatic rings. The van der Waals surface area contributed by atoms with Crippen molar-refractivity contribution in [1.82, 2.24) is 14.5 Å². The molecule has 248 valence electrons. The first-order chi connectivity index (χ1) is 21.1. The van der Waals surface area contributed by atoms with Crippen LogP contribution in [0.3, 0.4) is 0 Å². The normalized spacial score (nSPS) is 31.7. The van der Waals surface area contributed by atoms with Gasteiger partial charge in [0, 0.05) is 23.9 Å². The summed E-state index contributed by atoms with van der Waals surface area (Å²) in [5.41, 5.74) is 4.10. The Balaban J connectivity index is 1.36. The van der Waals surface area contributed by atoms with Gasteiger partial charge in [0.15, 0.2) is 6.29 Å². The van der Waals surface area contributed by atoms with Crippen LogP contribution in [0.1, 0.15) is 43.8 Å². The average molecular weight is 635 g/mol. The lowest BCUT2D eigenvalue weighted by Gasteiger charge is -2.46. The van der Waals surface area contributed by atoms with Crippen molar-refractivity contribution < 1.29 is 44.2 Å². The van der Waals surface area contributed by atoms with Crippen LogP contribution in [0.15, 0.2) is 41.3 Å². The Labute approximate surface area is 259 Å². The zero-order chi connectivity index (χ0) is 33.2. The molecule has 4 rings (SSSR count). The van der Waals surface area contributed by atoms with Crippen LogP contribution in [-0.4, -0.2) is 122 Å². The van der Waals surface area contributed by atoms with E-state index in [0.29, 0.717) is 5.69 Å². The SMILES string of the molecule is C[C@@H]1O[C@@H](O[C@H]2[C@@H](O)C[C@@H](n3ccc(NC(=O)c4ccc(NC(=O)[C@@](C)(N)CO)cc4)nc3=O)O[C@@H]2C)[C@@H](O)[C@@H](O)[C@@H]1N(C)C. The van der Waals surface area contributed by atoms with Crippen molar-refractivity contribution in [2.75, 3.05) is 31.3 Å². The van der Waals surface area contributed by atoms with Gasteiger partial charge < -0.3 is 55.9 Å². The van der Waals surface area contributed by atoms with Crippen molar-refractivity contribution in [1.29, 1.82) is 0 Å². The second kappa shape index (κ2) is 14.0. The van der Waals surface area contributed by atoms with Crippen molar-refractivity contribution in [3.05, 3.63) is 52.6 Å². The van der Waals surface area contributed by atoms with Crippen molar-refractivity contribution in [3.63, 3.8) is 0 Å². The first-order valence-corrected chi connectivity index (χ1v) is 14.5. The van der Waals surface area contributed by atoms with Gasteiger partial charge in [0.25, 0.3) is 5.91 Å². The zero-order valence-corrected chi connectivity index (χ0v) is 25.7. The number of likely N-dealkylation sites (N-methyl/N-ethyl adjacent to an activating group) is 1. The third-order valence-corrected chi connectivity index (χ3v) is 7.99. The molecule has 16 nitrogen and oxygen atoms in total. The van der Waals surface area contributed by atoms with Crippen LogP contribution in [0.2, 0.25) is 0 Å². The molecular formula is C29H42N6O10. The molecule has 8 N–H and O–H groups in total. The maximum atomic E-state index is 12.9. The molecular weight excluding hydrogens is 592 g/mol. The lowest BCUT2D eigenvalue weighted by Crippen LogP contribution is -2.63. The van der Waals surface area contributed by atoms with Gasteiger partial charge in [0.05, 0.1) is 31.0 Å². The van der Waals surface area contributed by atoms with Crippen LogP contribution in [0, 0.1) is 0 Å². The fraction of sp³-hybridized carbons (Fsp3) is 0.586. The van der Waals surface area contributed by atoms with Crippen LogP contribution >= 0.6 is 0 Å². The fourth-order valence-corrected chi connectivity index (χ4v) is 5.36. The third kappa shape index (κ3) is 7.74. The highest BCUT2D eigenvalue weighted by Crippen LogP contribution is 2.32. The minimum atomic E-state index is -1.47. The average Bonchev–Trinajstić information content (AvgIpc) is 2.97. The Morgan fingerprint density at radius 1 is 1.09 bits per heavy atom. The summed E-state index contributed by atoms with van der Waals surface area (Å²) in [6.07, 6.45) is -6.52. The molecule has 16 heteroatoms. The number of ether oxygens (including phenoxy) is 3. The van der Waals surface area contributed by atoms with Gasteiger partial charge in [-0.15, -0.1) is 0 Å². The van der Waals surface area contributed by atoms with Gasteiger partial charge in [0.1, 0.15) is 35.9 Å². The molecule has 0 spiro atoms. The highest BCUT2D eigenvalue weighted by molar-refractivity contribution is 6.04. The highest BCUT2D eigenvalue weighted by Gasteiger charge is 2.47. The molecule has 10 atom stereocenters. The summed E-state index contributed by atoms with van der Waals surface area (Å²) in [4.78, 5) is 43.4. The number of hydrogen-bond acceptors (Lipinski definition) is 13. The van der Waals surface area contributed by atoms with E-state index in [2.05, 4.69) is 15.6 Å². The van der Waals surface area contributed by atoms with Crippen LogP contribution < -0.4 is 22.1 Å². The van der Waals surface area contributed by atoms with E-state index in [4.69, 9.17) is 19.9 Å². The summed E-state index contributed by atoms with van der Waals surface area (Å²) in [6.45, 7) is 4.23. The van der Waals surface area contributed by atoms with E-state index in [-0.39, 0.29) is 17.8 Å². The van der Waals surface area contributed by atoms with Crippen LogP contribution in [0.25, 0.3) is 0 Å². The lowest BCUT2D eigenvalue weighted by atomic mass is 9.95. The first-order valence-electron chi connectivity index (χ1n) is 14.5. The maximum Gasteiger partial charge on any atom is 0.351 e. The van der Waals surface area contributed by atoms with E-state index in [9.17, 15) is 34.8 Å². The number of carbonyl (C=O) groups excluding carboxylic acids is 2. The number of rotatable bonds is 9. The van der Waals surface area contributed by atoms with E-state index in [1.807, 2.05) is 0 Å². The minimum Gasteiger partial charge on any atom is -0.394 e. The summed E-state index contributed by atoms with van der Waals surface area (Å²) in [5, 5.41) is 46.5. The van der Waals surface area contributed by atoms with Gasteiger partial charge in [-0.3, -0.25) is 14.2 Å². The molecule has 0 unspecified atom stereocenters. The van der Waals surface area contributed by atoms with Crippen molar-refractivity contribution >= 4 is 23.3 Å². The molecule has 2 aromatic rings. The molecule has 1 aromatic carbocycles. The number of anilines is 2. The number of nitrogens with one attached hydrogen (secondary N) is 2. The summed E-state index contributed by atoms with van der Waals surface area (Å²) in [6, 6.07) is 6.83. The molecule has 1 aromatic heterocycles. The van der Waals surface area contributed by atoms with Gasteiger partial charge in [-0.1, -0.05) is 0 Å². The number of nitrogens with zero attached hydrogens (tertiary/aromatic N) is 3. The van der Waals surface area contributed by atoms with Gasteiger partial charge in [-0.25, -0.2) is 4.79 Å². The topological polar surface area (TPSA) is 231 Å². The van der Waals surface area contributed by atoms with Crippen molar-refractivity contribution in [3.8, 4) is 0 Å². The van der Waals surface area contributed by atoms with E-state index in [1.54, 1.807) is 32.8 Å². The number of amides is 2.